The summed E-state index contributed by atoms with van der Waals surface area (Å²) in [6.07, 6.45) is 0. The summed E-state index contributed by atoms with van der Waals surface area (Å²) in [5.74, 6) is 1.93. The fourth-order valence-electron chi connectivity index (χ4n) is 8.92. The first-order valence-corrected chi connectivity index (χ1v) is 19.2. The molecule has 0 unspecified atom stereocenters. The summed E-state index contributed by atoms with van der Waals surface area (Å²) in [6.45, 7) is 4.62. The van der Waals surface area contributed by atoms with Crippen molar-refractivity contribution in [2.75, 3.05) is 0 Å². The third-order valence-electron chi connectivity index (χ3n) is 11.7. The highest BCUT2D eigenvalue weighted by molar-refractivity contribution is 6.10. The Morgan fingerprint density at radius 3 is 1.73 bits per heavy atom. The Kier molecular flexibility index (Phi) is 7.17. The molecule has 264 valence electrons. The molecule has 56 heavy (non-hydrogen) atoms. The van der Waals surface area contributed by atoms with Gasteiger partial charge in [0.2, 0.25) is 0 Å². The summed E-state index contributed by atoms with van der Waals surface area (Å²) in [6, 6.07) is 64.9. The standard InChI is InChI=1S/C52H36N4/c1-52(2)43-23-11-8-21-41(43)48-42(22-14-24-44(48)52)51-54-49(36-28-27-33-15-6-7-18-35(33)31-36)53-50(55-51)37-29-30-38(34-16-4-3-5-17-34)47(32-37)56-45-25-12-9-19-39(45)40-20-10-13-26-46(40)56/h3-32H,1-2H3. The number of rotatable bonds is 5. The van der Waals surface area contributed by atoms with Crippen molar-refractivity contribution in [3.63, 3.8) is 0 Å². The minimum Gasteiger partial charge on any atom is -0.309 e. The van der Waals surface area contributed by atoms with Gasteiger partial charge < -0.3 is 4.57 Å². The molecule has 0 spiro atoms. The molecule has 11 rings (SSSR count). The second-order valence-corrected chi connectivity index (χ2v) is 15.2. The molecule has 0 N–H and O–H groups in total. The van der Waals surface area contributed by atoms with Crippen LogP contribution >= 0.6 is 0 Å². The molecule has 8 aromatic carbocycles. The first kappa shape index (κ1) is 32.3. The molecular weight excluding hydrogens is 681 g/mol. The maximum atomic E-state index is 5.38. The van der Waals surface area contributed by atoms with Crippen LogP contribution in [-0.2, 0) is 5.41 Å². The zero-order valence-electron chi connectivity index (χ0n) is 31.1. The Bertz CT molecular complexity index is 3120. The van der Waals surface area contributed by atoms with Gasteiger partial charge in [0.25, 0.3) is 0 Å². The lowest BCUT2D eigenvalue weighted by molar-refractivity contribution is 0.660. The molecule has 4 nitrogen and oxygen atoms in total. The molecular formula is C52H36N4. The summed E-state index contributed by atoms with van der Waals surface area (Å²) in [7, 11) is 0. The van der Waals surface area contributed by atoms with Crippen LogP contribution in [0.15, 0.2) is 182 Å². The molecule has 2 aromatic heterocycles. The highest BCUT2D eigenvalue weighted by Crippen LogP contribution is 2.51. The smallest absolute Gasteiger partial charge is 0.164 e. The highest BCUT2D eigenvalue weighted by Gasteiger charge is 2.37. The van der Waals surface area contributed by atoms with Crippen LogP contribution in [0.25, 0.3) is 94.7 Å². The molecule has 2 heterocycles. The minimum absolute atomic E-state index is 0.149. The molecule has 4 heteroatoms. The van der Waals surface area contributed by atoms with Gasteiger partial charge in [-0.05, 0) is 62.9 Å². The number of para-hydroxylation sites is 2. The first-order chi connectivity index (χ1) is 27.5. The molecule has 10 aromatic rings. The lowest BCUT2D eigenvalue weighted by atomic mass is 9.82. The van der Waals surface area contributed by atoms with Crippen molar-refractivity contribution in [1.29, 1.82) is 0 Å². The van der Waals surface area contributed by atoms with Crippen LogP contribution in [0.1, 0.15) is 25.0 Å². The Labute approximate surface area is 325 Å². The van der Waals surface area contributed by atoms with Crippen LogP contribution in [0.3, 0.4) is 0 Å². The second-order valence-electron chi connectivity index (χ2n) is 15.2. The number of hydrogen-bond donors (Lipinski definition) is 0. The molecule has 0 saturated heterocycles. The average Bonchev–Trinajstić information content (AvgIpc) is 3.72. The lowest BCUT2D eigenvalue weighted by Crippen LogP contribution is -2.14. The predicted octanol–water partition coefficient (Wildman–Crippen LogP) is 13.1. The Hall–Kier alpha value is -7.17. The molecule has 0 amide bonds. The van der Waals surface area contributed by atoms with Gasteiger partial charge in [0.15, 0.2) is 17.5 Å². The van der Waals surface area contributed by atoms with Crippen molar-refractivity contribution in [1.82, 2.24) is 19.5 Å². The summed E-state index contributed by atoms with van der Waals surface area (Å²) in [5, 5.41) is 4.76. The first-order valence-electron chi connectivity index (χ1n) is 19.2. The van der Waals surface area contributed by atoms with Gasteiger partial charge in [0.1, 0.15) is 0 Å². The number of hydrogen-bond acceptors (Lipinski definition) is 3. The SMILES string of the molecule is CC1(C)c2ccccc2-c2c(-c3nc(-c4ccc(-c5ccccc5)c(-n5c6ccccc6c6ccccc65)c4)nc(-c4ccc5ccccc5c4)n3)cccc21. The van der Waals surface area contributed by atoms with Crippen LogP contribution < -0.4 is 0 Å². The Morgan fingerprint density at radius 2 is 0.964 bits per heavy atom. The fraction of sp³-hybridized carbons (Fsp3) is 0.0577. The second kappa shape index (κ2) is 12.4. The summed E-state index contributed by atoms with van der Waals surface area (Å²) in [4.78, 5) is 16.0. The molecule has 1 aliphatic rings. The monoisotopic (exact) mass is 716 g/mol. The van der Waals surface area contributed by atoms with Crippen LogP contribution in [0.4, 0.5) is 0 Å². The predicted molar refractivity (Wildman–Crippen MR) is 231 cm³/mol. The van der Waals surface area contributed by atoms with Gasteiger partial charge in [0.05, 0.1) is 16.7 Å². The average molecular weight is 717 g/mol. The highest BCUT2D eigenvalue weighted by atomic mass is 15.0. The van der Waals surface area contributed by atoms with Gasteiger partial charge in [-0.25, -0.2) is 15.0 Å². The van der Waals surface area contributed by atoms with Gasteiger partial charge in [-0.2, -0.15) is 0 Å². The van der Waals surface area contributed by atoms with Gasteiger partial charge >= 0.3 is 0 Å². The Morgan fingerprint density at radius 1 is 0.393 bits per heavy atom. The molecule has 1 aliphatic carbocycles. The Balaban J connectivity index is 1.19. The van der Waals surface area contributed by atoms with E-state index < -0.39 is 0 Å². The van der Waals surface area contributed by atoms with E-state index >= 15 is 0 Å². The topological polar surface area (TPSA) is 43.6 Å². The van der Waals surface area contributed by atoms with Gasteiger partial charge in [-0.15, -0.1) is 0 Å². The van der Waals surface area contributed by atoms with E-state index in [4.69, 9.17) is 15.0 Å². The van der Waals surface area contributed by atoms with Crippen molar-refractivity contribution in [3.8, 4) is 62.1 Å². The van der Waals surface area contributed by atoms with E-state index in [1.807, 2.05) is 0 Å². The van der Waals surface area contributed by atoms with Crippen LogP contribution in [0, 0.1) is 0 Å². The molecule has 0 fully saturated rings. The molecule has 0 bridgehead atoms. The zero-order valence-corrected chi connectivity index (χ0v) is 31.1. The molecule has 0 atom stereocenters. The third-order valence-corrected chi connectivity index (χ3v) is 11.7. The number of fused-ring (bicyclic) bond motifs is 7. The number of benzene rings is 8. The van der Waals surface area contributed by atoms with E-state index in [1.54, 1.807) is 0 Å². The van der Waals surface area contributed by atoms with E-state index in [0.29, 0.717) is 17.5 Å². The van der Waals surface area contributed by atoms with Crippen molar-refractivity contribution in [2.45, 2.75) is 19.3 Å². The van der Waals surface area contributed by atoms with Crippen LogP contribution in [0.5, 0.6) is 0 Å². The summed E-state index contributed by atoms with van der Waals surface area (Å²) < 4.78 is 2.39. The molecule has 0 radical (unpaired) electrons. The zero-order chi connectivity index (χ0) is 37.4. The van der Waals surface area contributed by atoms with E-state index in [1.165, 1.54) is 38.4 Å². The maximum Gasteiger partial charge on any atom is 0.164 e. The quantitative estimate of drug-likeness (QED) is 0.178. The third kappa shape index (κ3) is 4.96. The lowest BCUT2D eigenvalue weighted by Gasteiger charge is -2.21. The van der Waals surface area contributed by atoms with E-state index in [2.05, 4.69) is 200 Å². The number of nitrogens with zero attached hydrogens (tertiary/aromatic N) is 4. The molecule has 0 aliphatic heterocycles. The van der Waals surface area contributed by atoms with Gasteiger partial charge in [-0.1, -0.05) is 172 Å². The van der Waals surface area contributed by atoms with Crippen LogP contribution in [0.2, 0.25) is 0 Å². The molecule has 0 saturated carbocycles. The van der Waals surface area contributed by atoms with Crippen molar-refractivity contribution in [2.24, 2.45) is 0 Å². The fourth-order valence-corrected chi connectivity index (χ4v) is 8.92. The number of aromatic nitrogens is 4. The summed E-state index contributed by atoms with van der Waals surface area (Å²) >= 11 is 0. The van der Waals surface area contributed by atoms with E-state index in [0.717, 1.165) is 49.9 Å². The maximum absolute atomic E-state index is 5.38. The minimum atomic E-state index is -0.149. The van der Waals surface area contributed by atoms with Crippen molar-refractivity contribution >= 4 is 32.6 Å². The van der Waals surface area contributed by atoms with Crippen molar-refractivity contribution in [3.05, 3.63) is 193 Å². The summed E-state index contributed by atoms with van der Waals surface area (Å²) in [5.41, 5.74) is 13.4. The van der Waals surface area contributed by atoms with E-state index in [9.17, 15) is 0 Å². The van der Waals surface area contributed by atoms with Crippen molar-refractivity contribution < 1.29 is 0 Å². The van der Waals surface area contributed by atoms with E-state index in [-0.39, 0.29) is 5.41 Å². The van der Waals surface area contributed by atoms with Gasteiger partial charge in [-0.3, -0.25) is 0 Å². The van der Waals surface area contributed by atoms with Crippen LogP contribution in [-0.4, -0.2) is 19.5 Å². The normalized spacial score (nSPS) is 13.0. The van der Waals surface area contributed by atoms with Gasteiger partial charge in [0, 0.05) is 38.4 Å². The largest absolute Gasteiger partial charge is 0.309 e.